The quantitative estimate of drug-likeness (QED) is 0.308. The van der Waals surface area contributed by atoms with Gasteiger partial charge in [0.25, 0.3) is 0 Å². The highest BCUT2D eigenvalue weighted by Gasteiger charge is 2.36. The Balaban J connectivity index is 1.18. The highest BCUT2D eigenvalue weighted by Crippen LogP contribution is 2.40. The number of aromatic nitrogens is 4. The fraction of sp³-hybridized carbons (Fsp3) is 0.312. The molecule has 41 heavy (non-hydrogen) atoms. The molecule has 2 aromatic heterocycles. The number of benzene rings is 2. The number of carbonyl (C=O) groups is 1. The first kappa shape index (κ1) is 26.7. The number of H-pyrrole nitrogens is 1. The molecule has 1 atom stereocenters. The molecule has 1 saturated heterocycles. The van der Waals surface area contributed by atoms with Gasteiger partial charge in [0, 0.05) is 54.2 Å². The molecule has 1 fully saturated rings. The van der Waals surface area contributed by atoms with Gasteiger partial charge in [0.1, 0.15) is 23.7 Å². The molecular weight excluding hydrogens is 519 g/mol. The maximum Gasteiger partial charge on any atom is 0.248 e. The third-order valence-electron chi connectivity index (χ3n) is 8.21. The number of ether oxygens (including phenoxy) is 1. The van der Waals surface area contributed by atoms with E-state index >= 15 is 0 Å². The number of imidazole rings is 1. The highest BCUT2D eigenvalue weighted by atomic mass is 19.1. The molecule has 2 aliphatic rings. The van der Waals surface area contributed by atoms with Crippen LogP contribution < -0.4 is 15.4 Å². The van der Waals surface area contributed by atoms with Crippen LogP contribution in [0.4, 0.5) is 10.2 Å². The van der Waals surface area contributed by atoms with Crippen molar-refractivity contribution in [2.24, 2.45) is 5.73 Å². The molecule has 3 N–H and O–H groups in total. The van der Waals surface area contributed by atoms with E-state index < -0.39 is 12.3 Å². The van der Waals surface area contributed by atoms with Crippen LogP contribution >= 0.6 is 0 Å². The topological polar surface area (TPSA) is 110 Å². The summed E-state index contributed by atoms with van der Waals surface area (Å²) in [6.07, 6.45) is 5.04. The van der Waals surface area contributed by atoms with E-state index in [4.69, 9.17) is 20.4 Å². The van der Waals surface area contributed by atoms with Crippen LogP contribution in [0.15, 0.2) is 54.9 Å². The zero-order valence-corrected chi connectivity index (χ0v) is 23.4. The second-order valence-corrected chi connectivity index (χ2v) is 11.1. The third kappa shape index (κ3) is 5.19. The summed E-state index contributed by atoms with van der Waals surface area (Å²) >= 11 is 0. The summed E-state index contributed by atoms with van der Waals surface area (Å²) in [6, 6.07) is 14.8. The van der Waals surface area contributed by atoms with Gasteiger partial charge in [-0.3, -0.25) is 4.79 Å². The Labute approximate surface area is 238 Å². The van der Waals surface area contributed by atoms with E-state index in [1.54, 1.807) is 30.6 Å². The molecule has 0 spiro atoms. The molecule has 3 heterocycles. The first-order valence-corrected chi connectivity index (χ1v) is 13.9. The Bertz CT molecular complexity index is 1620. The van der Waals surface area contributed by atoms with E-state index in [0.717, 1.165) is 83.3 Å². The molecule has 2 aromatic carbocycles. The number of fused-ring (bicyclic) bond motifs is 1. The zero-order valence-electron chi connectivity index (χ0n) is 23.4. The minimum atomic E-state index is -1.35. The van der Waals surface area contributed by atoms with Crippen molar-refractivity contribution in [1.82, 2.24) is 19.9 Å². The molecule has 1 aliphatic carbocycles. The SMILES string of the molecule is Cc1[nH]c(C2(C)CCN(c3ncnc4c3C=C(c3ccc(C(N)=O)cc3)C4)CC2)nc1-c1ccc(OC(C)F)cc1. The van der Waals surface area contributed by atoms with Crippen molar-refractivity contribution in [2.45, 2.75) is 51.8 Å². The Morgan fingerprint density at radius 3 is 2.41 bits per heavy atom. The highest BCUT2D eigenvalue weighted by molar-refractivity contribution is 5.95. The van der Waals surface area contributed by atoms with Gasteiger partial charge in [0.05, 0.1) is 11.4 Å². The molecule has 0 radical (unpaired) electrons. The van der Waals surface area contributed by atoms with Gasteiger partial charge in [-0.25, -0.2) is 19.3 Å². The van der Waals surface area contributed by atoms with Gasteiger partial charge in [-0.1, -0.05) is 19.1 Å². The van der Waals surface area contributed by atoms with Crippen molar-refractivity contribution in [3.05, 3.63) is 88.8 Å². The van der Waals surface area contributed by atoms with Crippen molar-refractivity contribution in [3.8, 4) is 17.0 Å². The van der Waals surface area contributed by atoms with Crippen molar-refractivity contribution in [1.29, 1.82) is 0 Å². The van der Waals surface area contributed by atoms with Crippen molar-refractivity contribution < 1.29 is 13.9 Å². The molecule has 1 unspecified atom stereocenters. The Hall–Kier alpha value is -4.53. The average molecular weight is 553 g/mol. The number of aryl methyl sites for hydroxylation is 1. The van der Waals surface area contributed by atoms with Crippen LogP contribution in [-0.4, -0.2) is 45.3 Å². The number of rotatable bonds is 7. The van der Waals surface area contributed by atoms with Gasteiger partial charge in [-0.2, -0.15) is 0 Å². The number of piperidine rings is 1. The molecule has 1 aliphatic heterocycles. The first-order chi connectivity index (χ1) is 19.7. The molecule has 0 saturated carbocycles. The maximum absolute atomic E-state index is 13.2. The fourth-order valence-electron chi connectivity index (χ4n) is 5.76. The van der Waals surface area contributed by atoms with E-state index in [-0.39, 0.29) is 5.41 Å². The lowest BCUT2D eigenvalue weighted by Crippen LogP contribution is -2.42. The standard InChI is InChI=1S/C32H33FN6O2/c1-19-28(22-8-10-25(11-9-22)41-20(2)33)38-31(37-19)32(3)12-14-39(15-13-32)30-26-16-24(17-27(26)35-18-36-30)21-4-6-23(7-5-21)29(34)40/h4-11,16,18,20H,12-15,17H2,1-3H3,(H2,34,40)(H,37,38). The minimum absolute atomic E-state index is 0.106. The number of primary amides is 1. The van der Waals surface area contributed by atoms with E-state index in [0.29, 0.717) is 11.3 Å². The number of amides is 1. The van der Waals surface area contributed by atoms with Gasteiger partial charge in [0.15, 0.2) is 0 Å². The van der Waals surface area contributed by atoms with E-state index in [1.165, 1.54) is 6.92 Å². The summed E-state index contributed by atoms with van der Waals surface area (Å²) < 4.78 is 18.3. The van der Waals surface area contributed by atoms with Crippen LogP contribution in [0.25, 0.3) is 22.9 Å². The van der Waals surface area contributed by atoms with E-state index in [2.05, 4.69) is 27.9 Å². The summed E-state index contributed by atoms with van der Waals surface area (Å²) in [5.74, 6) is 2.01. The molecule has 8 nitrogen and oxygen atoms in total. The second-order valence-electron chi connectivity index (χ2n) is 11.1. The molecular formula is C32H33FN6O2. The van der Waals surface area contributed by atoms with Crippen LogP contribution in [0.2, 0.25) is 0 Å². The smallest absolute Gasteiger partial charge is 0.248 e. The van der Waals surface area contributed by atoms with Gasteiger partial charge in [0.2, 0.25) is 12.3 Å². The molecule has 6 rings (SSSR count). The first-order valence-electron chi connectivity index (χ1n) is 13.9. The molecule has 0 bridgehead atoms. The largest absolute Gasteiger partial charge is 0.461 e. The second kappa shape index (κ2) is 10.5. The number of anilines is 1. The minimum Gasteiger partial charge on any atom is -0.461 e. The van der Waals surface area contributed by atoms with E-state index in [1.807, 2.05) is 31.2 Å². The lowest BCUT2D eigenvalue weighted by molar-refractivity contribution is 0.0860. The normalized spacial score (nSPS) is 16.7. The van der Waals surface area contributed by atoms with Crippen molar-refractivity contribution in [3.63, 3.8) is 0 Å². The molecule has 1 amide bonds. The van der Waals surface area contributed by atoms with Gasteiger partial charge in [-0.15, -0.1) is 0 Å². The molecule has 9 heteroatoms. The van der Waals surface area contributed by atoms with Crippen LogP contribution in [0.3, 0.4) is 0 Å². The van der Waals surface area contributed by atoms with Gasteiger partial charge < -0.3 is 20.4 Å². The van der Waals surface area contributed by atoms with Crippen LogP contribution in [-0.2, 0) is 11.8 Å². The number of nitrogens with one attached hydrogen (secondary N) is 1. The molecule has 210 valence electrons. The Kier molecular flexibility index (Phi) is 6.81. The fourth-order valence-corrected chi connectivity index (χ4v) is 5.76. The third-order valence-corrected chi connectivity index (χ3v) is 8.21. The van der Waals surface area contributed by atoms with Gasteiger partial charge in [-0.05, 0) is 73.4 Å². The Morgan fingerprint density at radius 2 is 1.76 bits per heavy atom. The number of allylic oxidation sites excluding steroid dienone is 1. The van der Waals surface area contributed by atoms with E-state index in [9.17, 15) is 9.18 Å². The zero-order chi connectivity index (χ0) is 28.7. The summed E-state index contributed by atoms with van der Waals surface area (Å²) in [7, 11) is 0. The van der Waals surface area contributed by atoms with Crippen molar-refractivity contribution >= 4 is 23.4 Å². The number of nitrogens with two attached hydrogens (primary N) is 1. The number of aromatic amines is 1. The molecule has 4 aromatic rings. The number of hydrogen-bond acceptors (Lipinski definition) is 6. The van der Waals surface area contributed by atoms with Crippen LogP contribution in [0, 0.1) is 6.92 Å². The Morgan fingerprint density at radius 1 is 1.07 bits per heavy atom. The lowest BCUT2D eigenvalue weighted by atomic mass is 9.79. The summed E-state index contributed by atoms with van der Waals surface area (Å²) in [4.78, 5) is 31.6. The predicted octanol–water partition coefficient (Wildman–Crippen LogP) is 5.62. The van der Waals surface area contributed by atoms with Crippen molar-refractivity contribution in [2.75, 3.05) is 18.0 Å². The maximum atomic E-state index is 13.2. The number of halogens is 1. The van der Waals surface area contributed by atoms with Crippen LogP contribution in [0.1, 0.15) is 65.4 Å². The summed E-state index contributed by atoms with van der Waals surface area (Å²) in [5, 5.41) is 0. The number of hydrogen-bond donors (Lipinski definition) is 2. The predicted molar refractivity (Wildman–Crippen MR) is 157 cm³/mol. The monoisotopic (exact) mass is 552 g/mol. The summed E-state index contributed by atoms with van der Waals surface area (Å²) in [6.45, 7) is 7.36. The number of carbonyl (C=O) groups excluding carboxylic acids is 1. The average Bonchev–Trinajstić information content (AvgIpc) is 3.58. The lowest BCUT2D eigenvalue weighted by Gasteiger charge is -2.39. The van der Waals surface area contributed by atoms with Crippen LogP contribution in [0.5, 0.6) is 5.75 Å². The van der Waals surface area contributed by atoms with Gasteiger partial charge >= 0.3 is 0 Å². The summed E-state index contributed by atoms with van der Waals surface area (Å²) in [5.41, 5.74) is 12.9. The number of nitrogens with zero attached hydrogens (tertiary/aromatic N) is 4. The number of alkyl halides is 1.